The van der Waals surface area contributed by atoms with Crippen molar-refractivity contribution in [3.05, 3.63) is 35.5 Å². The summed E-state index contributed by atoms with van der Waals surface area (Å²) < 4.78 is 5.55. The summed E-state index contributed by atoms with van der Waals surface area (Å²) in [6.45, 7) is 5.51. The number of hydrogen-bond acceptors (Lipinski definition) is 3. The van der Waals surface area contributed by atoms with Gasteiger partial charge >= 0.3 is 0 Å². The van der Waals surface area contributed by atoms with E-state index in [2.05, 4.69) is 70.9 Å². The molecule has 156 valence electrons. The van der Waals surface area contributed by atoms with Crippen molar-refractivity contribution < 1.29 is 4.74 Å². The van der Waals surface area contributed by atoms with Crippen LogP contribution in [0.3, 0.4) is 0 Å². The van der Waals surface area contributed by atoms with E-state index in [1.54, 1.807) is 0 Å². The van der Waals surface area contributed by atoms with Crippen LogP contribution >= 0.6 is 24.0 Å². The summed E-state index contributed by atoms with van der Waals surface area (Å²) in [7, 11) is 6.14. The fourth-order valence-corrected chi connectivity index (χ4v) is 3.89. The Labute approximate surface area is 185 Å². The molecule has 3 N–H and O–H groups in total. The number of ether oxygens (including phenoxy) is 1. The summed E-state index contributed by atoms with van der Waals surface area (Å²) in [6, 6.07) is 6.45. The summed E-state index contributed by atoms with van der Waals surface area (Å²) in [6.07, 6.45) is 5.16. The van der Waals surface area contributed by atoms with E-state index in [4.69, 9.17) is 4.74 Å². The molecule has 1 aromatic heterocycles. The van der Waals surface area contributed by atoms with E-state index in [9.17, 15) is 0 Å². The lowest BCUT2D eigenvalue weighted by molar-refractivity contribution is -0.00500. The first kappa shape index (κ1) is 23.0. The molecule has 0 spiro atoms. The van der Waals surface area contributed by atoms with Crippen molar-refractivity contribution in [3.63, 3.8) is 0 Å². The van der Waals surface area contributed by atoms with E-state index in [0.29, 0.717) is 0 Å². The van der Waals surface area contributed by atoms with Gasteiger partial charge in [0.05, 0.1) is 0 Å². The number of benzene rings is 1. The highest BCUT2D eigenvalue weighted by molar-refractivity contribution is 14.0. The molecule has 6 nitrogen and oxygen atoms in total. The van der Waals surface area contributed by atoms with Crippen molar-refractivity contribution >= 4 is 40.8 Å². The molecule has 0 aliphatic carbocycles. The number of guanidine groups is 1. The monoisotopic (exact) mass is 499 g/mol. The molecule has 3 rings (SSSR count). The molecule has 1 fully saturated rings. The molecule has 0 radical (unpaired) electrons. The number of aromatic nitrogens is 1. The first-order valence-corrected chi connectivity index (χ1v) is 9.81. The number of hydrogen-bond donors (Lipinski definition) is 3. The highest BCUT2D eigenvalue weighted by Gasteiger charge is 2.34. The number of H-pyrrole nitrogens is 1. The van der Waals surface area contributed by atoms with Crippen LogP contribution in [0.25, 0.3) is 10.9 Å². The van der Waals surface area contributed by atoms with Gasteiger partial charge in [-0.2, -0.15) is 0 Å². The quantitative estimate of drug-likeness (QED) is 0.325. The van der Waals surface area contributed by atoms with Crippen LogP contribution in [0.4, 0.5) is 0 Å². The molecular weight excluding hydrogens is 465 g/mol. The van der Waals surface area contributed by atoms with Gasteiger partial charge in [-0.15, -0.1) is 24.0 Å². The van der Waals surface area contributed by atoms with Crippen molar-refractivity contribution in [3.8, 4) is 0 Å². The average Bonchev–Trinajstić information content (AvgIpc) is 3.09. The minimum Gasteiger partial charge on any atom is -0.381 e. The van der Waals surface area contributed by atoms with Crippen LogP contribution in [-0.2, 0) is 11.2 Å². The third kappa shape index (κ3) is 5.18. The Bertz CT molecular complexity index is 780. The number of nitrogens with zero attached hydrogens (tertiary/aromatic N) is 2. The van der Waals surface area contributed by atoms with Crippen LogP contribution < -0.4 is 10.6 Å². The number of fused-ring (bicyclic) bond motifs is 1. The normalized spacial score (nSPS) is 16.8. The van der Waals surface area contributed by atoms with E-state index in [0.717, 1.165) is 51.5 Å². The third-order valence-corrected chi connectivity index (χ3v) is 5.88. The van der Waals surface area contributed by atoms with Gasteiger partial charge in [-0.3, -0.25) is 4.99 Å². The van der Waals surface area contributed by atoms with E-state index in [1.165, 1.54) is 22.0 Å². The molecule has 1 saturated heterocycles. The maximum absolute atomic E-state index is 5.55. The second-order valence-electron chi connectivity index (χ2n) is 7.65. The van der Waals surface area contributed by atoms with Gasteiger partial charge in [0.2, 0.25) is 0 Å². The fourth-order valence-electron chi connectivity index (χ4n) is 3.89. The first-order valence-electron chi connectivity index (χ1n) is 9.81. The second-order valence-corrected chi connectivity index (χ2v) is 7.65. The lowest BCUT2D eigenvalue weighted by atomic mass is 9.88. The van der Waals surface area contributed by atoms with Gasteiger partial charge in [0.1, 0.15) is 0 Å². The maximum atomic E-state index is 5.55. The highest BCUT2D eigenvalue weighted by atomic mass is 127. The number of nitrogens with one attached hydrogen (secondary N) is 3. The van der Waals surface area contributed by atoms with Gasteiger partial charge in [-0.1, -0.05) is 18.2 Å². The summed E-state index contributed by atoms with van der Waals surface area (Å²) in [5.41, 5.74) is 3.99. The van der Waals surface area contributed by atoms with Crippen molar-refractivity contribution in [2.24, 2.45) is 4.99 Å². The Kier molecular flexibility index (Phi) is 8.57. The highest BCUT2D eigenvalue weighted by Crippen LogP contribution is 2.25. The van der Waals surface area contributed by atoms with Crippen molar-refractivity contribution in [1.82, 2.24) is 20.5 Å². The zero-order valence-electron chi connectivity index (χ0n) is 17.5. The van der Waals surface area contributed by atoms with Crippen LogP contribution in [0.2, 0.25) is 0 Å². The van der Waals surface area contributed by atoms with E-state index < -0.39 is 0 Å². The SMILES string of the molecule is CN=C(NCCc1c[nH]c2c(C)cccc12)NCC1(N(C)C)CCOCC1.I. The summed E-state index contributed by atoms with van der Waals surface area (Å²) in [5.74, 6) is 0.860. The maximum Gasteiger partial charge on any atom is 0.191 e. The standard InChI is InChI=1S/C21H33N5O.HI/c1-16-6-5-7-18-17(14-24-19(16)18)8-11-23-20(22-2)25-15-21(26(3)4)9-12-27-13-10-21;/h5-7,14,24H,8-13,15H2,1-4H3,(H2,22,23,25);1H. The van der Waals surface area contributed by atoms with Crippen molar-refractivity contribution in [2.45, 2.75) is 31.7 Å². The predicted molar refractivity (Wildman–Crippen MR) is 128 cm³/mol. The van der Waals surface area contributed by atoms with Gasteiger partial charge in [-0.25, -0.2) is 0 Å². The van der Waals surface area contributed by atoms with Crippen molar-refractivity contribution in [2.75, 3.05) is 47.4 Å². The predicted octanol–water partition coefficient (Wildman–Crippen LogP) is 2.91. The number of aryl methyl sites for hydroxylation is 1. The number of halogens is 1. The lowest BCUT2D eigenvalue weighted by Crippen LogP contribution is -2.57. The molecule has 28 heavy (non-hydrogen) atoms. The molecule has 1 aliphatic heterocycles. The number of aliphatic imine (C=N–C) groups is 1. The van der Waals surface area contributed by atoms with Crippen LogP contribution in [-0.4, -0.2) is 68.8 Å². The van der Waals surface area contributed by atoms with Gasteiger partial charge in [-0.05, 0) is 51.4 Å². The average molecular weight is 499 g/mol. The lowest BCUT2D eigenvalue weighted by Gasteiger charge is -2.43. The molecule has 1 aliphatic rings. The van der Waals surface area contributed by atoms with Gasteiger partial charge in [0.25, 0.3) is 0 Å². The number of likely N-dealkylation sites (N-methyl/N-ethyl adjacent to an activating group) is 1. The zero-order valence-corrected chi connectivity index (χ0v) is 19.8. The molecule has 0 amide bonds. The third-order valence-electron chi connectivity index (χ3n) is 5.88. The number of aromatic amines is 1. The van der Waals surface area contributed by atoms with E-state index >= 15 is 0 Å². The molecule has 7 heteroatoms. The molecule has 0 atom stereocenters. The van der Waals surface area contributed by atoms with E-state index in [-0.39, 0.29) is 29.5 Å². The Morgan fingerprint density at radius 3 is 2.68 bits per heavy atom. The first-order chi connectivity index (χ1) is 13.1. The second kappa shape index (κ2) is 10.5. The Hall–Kier alpha value is -1.32. The van der Waals surface area contributed by atoms with Gasteiger partial charge in [0.15, 0.2) is 5.96 Å². The van der Waals surface area contributed by atoms with Crippen LogP contribution in [0.1, 0.15) is 24.0 Å². The van der Waals surface area contributed by atoms with Crippen molar-refractivity contribution in [1.29, 1.82) is 0 Å². The minimum atomic E-state index is 0. The Morgan fingerprint density at radius 2 is 2.00 bits per heavy atom. The zero-order chi connectivity index (χ0) is 19.3. The molecule has 0 saturated carbocycles. The largest absolute Gasteiger partial charge is 0.381 e. The van der Waals surface area contributed by atoms with Gasteiger partial charge < -0.3 is 25.3 Å². The molecule has 2 heterocycles. The molecule has 0 bridgehead atoms. The molecular formula is C21H34IN5O. The smallest absolute Gasteiger partial charge is 0.191 e. The summed E-state index contributed by atoms with van der Waals surface area (Å²) in [4.78, 5) is 10.1. The molecule has 0 unspecified atom stereocenters. The summed E-state index contributed by atoms with van der Waals surface area (Å²) >= 11 is 0. The number of para-hydroxylation sites is 1. The van der Waals surface area contributed by atoms with Crippen LogP contribution in [0, 0.1) is 6.92 Å². The van der Waals surface area contributed by atoms with Crippen LogP contribution in [0.5, 0.6) is 0 Å². The Morgan fingerprint density at radius 1 is 1.25 bits per heavy atom. The molecule has 2 aromatic rings. The van der Waals surface area contributed by atoms with E-state index in [1.807, 2.05) is 7.05 Å². The minimum absolute atomic E-state index is 0. The summed E-state index contributed by atoms with van der Waals surface area (Å²) in [5, 5.41) is 8.29. The Balaban J connectivity index is 0.00000280. The fraction of sp³-hybridized carbons (Fsp3) is 0.571. The topological polar surface area (TPSA) is 64.7 Å². The van der Waals surface area contributed by atoms with Crippen LogP contribution in [0.15, 0.2) is 29.4 Å². The molecule has 1 aromatic carbocycles. The number of rotatable bonds is 6. The van der Waals surface area contributed by atoms with Gasteiger partial charge in [0, 0.05) is 56.0 Å².